The molecule has 0 aliphatic carbocycles. The summed E-state index contributed by atoms with van der Waals surface area (Å²) in [6.45, 7) is 5.13. The predicted octanol–water partition coefficient (Wildman–Crippen LogP) is 1.59. The van der Waals surface area contributed by atoms with E-state index in [0.717, 1.165) is 18.7 Å². The standard InChI is InChI=1S/C20H25N3O4/c1-15(22-20(25)18-8-5-11-27-18)19(24)21-14-17(16-6-3-2-4-7-16)23-9-12-26-13-10-23/h2-8,11,15,17H,9-10,12-14H2,1H3,(H,21,24)(H,22,25). The first kappa shape index (κ1) is 19.1. The number of hydrogen-bond acceptors (Lipinski definition) is 5. The van der Waals surface area contributed by atoms with Crippen LogP contribution in [0.25, 0.3) is 0 Å². The maximum absolute atomic E-state index is 12.5. The van der Waals surface area contributed by atoms with E-state index in [1.807, 2.05) is 18.2 Å². The Morgan fingerprint density at radius 1 is 1.11 bits per heavy atom. The van der Waals surface area contributed by atoms with Gasteiger partial charge in [0.2, 0.25) is 5.91 Å². The molecule has 2 heterocycles. The summed E-state index contributed by atoms with van der Waals surface area (Å²) < 4.78 is 10.5. The number of carbonyl (C=O) groups excluding carboxylic acids is 2. The third-order valence-electron chi connectivity index (χ3n) is 4.63. The van der Waals surface area contributed by atoms with Crippen LogP contribution in [0.3, 0.4) is 0 Å². The summed E-state index contributed by atoms with van der Waals surface area (Å²) >= 11 is 0. The molecule has 2 aromatic rings. The van der Waals surface area contributed by atoms with Gasteiger partial charge in [0.25, 0.3) is 5.91 Å². The number of ether oxygens (including phenoxy) is 1. The van der Waals surface area contributed by atoms with E-state index in [4.69, 9.17) is 9.15 Å². The van der Waals surface area contributed by atoms with Crippen LogP contribution in [0.5, 0.6) is 0 Å². The fraction of sp³-hybridized carbons (Fsp3) is 0.400. The highest BCUT2D eigenvalue weighted by atomic mass is 16.5. The van der Waals surface area contributed by atoms with Crippen molar-refractivity contribution in [2.75, 3.05) is 32.8 Å². The van der Waals surface area contributed by atoms with Gasteiger partial charge in [-0.25, -0.2) is 0 Å². The van der Waals surface area contributed by atoms with Gasteiger partial charge in [-0.15, -0.1) is 0 Å². The predicted molar refractivity (Wildman–Crippen MR) is 100 cm³/mol. The molecule has 1 aromatic heterocycles. The molecule has 2 unspecified atom stereocenters. The topological polar surface area (TPSA) is 83.8 Å². The zero-order chi connectivity index (χ0) is 19.1. The van der Waals surface area contributed by atoms with Crippen LogP contribution in [0.1, 0.15) is 29.1 Å². The fourth-order valence-corrected chi connectivity index (χ4v) is 3.11. The quantitative estimate of drug-likeness (QED) is 0.772. The highest BCUT2D eigenvalue weighted by Crippen LogP contribution is 2.21. The van der Waals surface area contributed by atoms with Crippen molar-refractivity contribution >= 4 is 11.8 Å². The summed E-state index contributed by atoms with van der Waals surface area (Å²) in [6.07, 6.45) is 1.42. The number of carbonyl (C=O) groups is 2. The minimum Gasteiger partial charge on any atom is -0.459 e. The van der Waals surface area contributed by atoms with Crippen molar-refractivity contribution in [3.63, 3.8) is 0 Å². The van der Waals surface area contributed by atoms with Gasteiger partial charge < -0.3 is 19.8 Å². The van der Waals surface area contributed by atoms with Crippen LogP contribution in [0.4, 0.5) is 0 Å². The molecule has 7 heteroatoms. The number of amides is 2. The largest absolute Gasteiger partial charge is 0.459 e. The van der Waals surface area contributed by atoms with Crippen molar-refractivity contribution in [2.45, 2.75) is 19.0 Å². The normalized spacial score (nSPS) is 17.1. The maximum Gasteiger partial charge on any atom is 0.287 e. The molecule has 0 radical (unpaired) electrons. The van der Waals surface area contributed by atoms with Crippen LogP contribution in [-0.4, -0.2) is 55.6 Å². The molecule has 1 aliphatic rings. The number of furan rings is 1. The number of nitrogens with one attached hydrogen (secondary N) is 2. The molecule has 2 amide bonds. The Kier molecular flexibility index (Phi) is 6.62. The first-order valence-corrected chi connectivity index (χ1v) is 9.14. The van der Waals surface area contributed by atoms with Crippen LogP contribution < -0.4 is 10.6 Å². The Labute approximate surface area is 158 Å². The van der Waals surface area contributed by atoms with Crippen molar-refractivity contribution < 1.29 is 18.7 Å². The number of benzene rings is 1. The van der Waals surface area contributed by atoms with E-state index in [1.54, 1.807) is 19.1 Å². The van der Waals surface area contributed by atoms with Crippen molar-refractivity contribution in [1.82, 2.24) is 15.5 Å². The van der Waals surface area contributed by atoms with Gasteiger partial charge in [0.1, 0.15) is 6.04 Å². The SMILES string of the molecule is CC(NC(=O)c1ccco1)C(=O)NCC(c1ccccc1)N1CCOCC1. The highest BCUT2D eigenvalue weighted by Gasteiger charge is 2.24. The van der Waals surface area contributed by atoms with E-state index >= 15 is 0 Å². The van der Waals surface area contributed by atoms with Gasteiger partial charge in [0, 0.05) is 19.6 Å². The molecule has 3 rings (SSSR count). The van der Waals surface area contributed by atoms with Crippen molar-refractivity contribution in [2.24, 2.45) is 0 Å². The Morgan fingerprint density at radius 3 is 2.52 bits per heavy atom. The molecule has 0 bridgehead atoms. The van der Waals surface area contributed by atoms with E-state index in [9.17, 15) is 9.59 Å². The first-order chi connectivity index (χ1) is 13.1. The van der Waals surface area contributed by atoms with Gasteiger partial charge in [0.05, 0.1) is 25.5 Å². The van der Waals surface area contributed by atoms with Crippen molar-refractivity contribution in [3.05, 3.63) is 60.1 Å². The van der Waals surface area contributed by atoms with Gasteiger partial charge in [-0.3, -0.25) is 14.5 Å². The molecule has 0 saturated carbocycles. The highest BCUT2D eigenvalue weighted by molar-refractivity contribution is 5.95. The molecule has 2 N–H and O–H groups in total. The number of nitrogens with zero attached hydrogens (tertiary/aromatic N) is 1. The summed E-state index contributed by atoms with van der Waals surface area (Å²) in [7, 11) is 0. The zero-order valence-corrected chi connectivity index (χ0v) is 15.4. The number of hydrogen-bond donors (Lipinski definition) is 2. The third kappa shape index (κ3) is 5.18. The van der Waals surface area contributed by atoms with Crippen LogP contribution in [0.2, 0.25) is 0 Å². The molecule has 27 heavy (non-hydrogen) atoms. The van der Waals surface area contributed by atoms with Crippen LogP contribution in [0, 0.1) is 0 Å². The summed E-state index contributed by atoms with van der Waals surface area (Å²) in [5.74, 6) is -0.454. The molecule has 1 aromatic carbocycles. The number of morpholine rings is 1. The second-order valence-electron chi connectivity index (χ2n) is 6.49. The van der Waals surface area contributed by atoms with Crippen LogP contribution >= 0.6 is 0 Å². The molecular formula is C20H25N3O4. The van der Waals surface area contributed by atoms with Gasteiger partial charge in [-0.2, -0.15) is 0 Å². The van der Waals surface area contributed by atoms with Gasteiger partial charge in [0.15, 0.2) is 5.76 Å². The summed E-state index contributed by atoms with van der Waals surface area (Å²) in [5.41, 5.74) is 1.15. The lowest BCUT2D eigenvalue weighted by Gasteiger charge is -2.35. The maximum atomic E-state index is 12.5. The molecule has 7 nitrogen and oxygen atoms in total. The minimum absolute atomic E-state index is 0.0621. The average molecular weight is 371 g/mol. The van der Waals surface area contributed by atoms with Crippen molar-refractivity contribution in [1.29, 1.82) is 0 Å². The molecule has 1 fully saturated rings. The molecule has 1 aliphatic heterocycles. The molecule has 0 spiro atoms. The van der Waals surface area contributed by atoms with Gasteiger partial charge in [-0.05, 0) is 24.6 Å². The van der Waals surface area contributed by atoms with Crippen molar-refractivity contribution in [3.8, 4) is 0 Å². The van der Waals surface area contributed by atoms with E-state index in [1.165, 1.54) is 6.26 Å². The summed E-state index contributed by atoms with van der Waals surface area (Å²) in [6, 6.07) is 12.7. The fourth-order valence-electron chi connectivity index (χ4n) is 3.11. The van der Waals surface area contributed by atoms with E-state index < -0.39 is 11.9 Å². The van der Waals surface area contributed by atoms with E-state index in [0.29, 0.717) is 19.8 Å². The Balaban J connectivity index is 1.58. The third-order valence-corrected chi connectivity index (χ3v) is 4.63. The Morgan fingerprint density at radius 2 is 1.85 bits per heavy atom. The smallest absolute Gasteiger partial charge is 0.287 e. The summed E-state index contributed by atoms with van der Waals surface area (Å²) in [4.78, 5) is 26.8. The number of rotatable bonds is 7. The van der Waals surface area contributed by atoms with E-state index in [-0.39, 0.29) is 17.7 Å². The lowest BCUT2D eigenvalue weighted by molar-refractivity contribution is -0.122. The van der Waals surface area contributed by atoms with Gasteiger partial charge >= 0.3 is 0 Å². The Bertz CT molecular complexity index is 727. The lowest BCUT2D eigenvalue weighted by Crippen LogP contribution is -2.48. The molecule has 2 atom stereocenters. The monoisotopic (exact) mass is 371 g/mol. The zero-order valence-electron chi connectivity index (χ0n) is 15.4. The summed E-state index contributed by atoms with van der Waals surface area (Å²) in [5, 5.41) is 5.61. The first-order valence-electron chi connectivity index (χ1n) is 9.14. The van der Waals surface area contributed by atoms with Crippen LogP contribution in [0.15, 0.2) is 53.1 Å². The van der Waals surface area contributed by atoms with E-state index in [2.05, 4.69) is 27.7 Å². The molecule has 144 valence electrons. The van der Waals surface area contributed by atoms with Crippen LogP contribution in [-0.2, 0) is 9.53 Å². The van der Waals surface area contributed by atoms with Gasteiger partial charge in [-0.1, -0.05) is 30.3 Å². The lowest BCUT2D eigenvalue weighted by atomic mass is 10.0. The second kappa shape index (κ2) is 9.34. The average Bonchev–Trinajstić information content (AvgIpc) is 3.24. The Hall–Kier alpha value is -2.64. The minimum atomic E-state index is -0.663. The molecular weight excluding hydrogens is 346 g/mol. The second-order valence-corrected chi connectivity index (χ2v) is 6.49. The molecule has 1 saturated heterocycles.